The normalized spacial score (nSPS) is 14.2. The van der Waals surface area contributed by atoms with E-state index in [9.17, 15) is 0 Å². The summed E-state index contributed by atoms with van der Waals surface area (Å²) in [4.78, 5) is 0. The number of rotatable bonds is 8. The molecular formula is C14H23NO2S. The lowest BCUT2D eigenvalue weighted by atomic mass is 10.1. The Morgan fingerprint density at radius 1 is 1.39 bits per heavy atom. The molecule has 18 heavy (non-hydrogen) atoms. The van der Waals surface area contributed by atoms with Crippen molar-refractivity contribution < 1.29 is 9.84 Å². The van der Waals surface area contributed by atoms with Gasteiger partial charge in [-0.15, -0.1) is 0 Å². The first-order chi connectivity index (χ1) is 8.72. The zero-order valence-corrected chi connectivity index (χ0v) is 12.2. The van der Waals surface area contributed by atoms with Crippen LogP contribution in [0.2, 0.25) is 0 Å². The van der Waals surface area contributed by atoms with Gasteiger partial charge in [0.25, 0.3) is 0 Å². The van der Waals surface area contributed by atoms with Gasteiger partial charge in [-0.1, -0.05) is 18.2 Å². The van der Waals surface area contributed by atoms with Crippen molar-refractivity contribution in [3.8, 4) is 5.75 Å². The van der Waals surface area contributed by atoms with Gasteiger partial charge < -0.3 is 15.2 Å². The van der Waals surface area contributed by atoms with Crippen LogP contribution in [0.4, 0.5) is 0 Å². The van der Waals surface area contributed by atoms with Crippen molar-refractivity contribution in [2.75, 3.05) is 25.7 Å². The predicted octanol–water partition coefficient (Wildman–Crippen LogP) is 2.46. The van der Waals surface area contributed by atoms with Crippen LogP contribution in [0.5, 0.6) is 5.75 Å². The van der Waals surface area contributed by atoms with Gasteiger partial charge in [-0.3, -0.25) is 0 Å². The minimum Gasteiger partial charge on any atom is -0.496 e. The molecule has 0 aliphatic heterocycles. The molecule has 0 fully saturated rings. The number of hydrogen-bond donors (Lipinski definition) is 2. The van der Waals surface area contributed by atoms with Crippen molar-refractivity contribution in [3.63, 3.8) is 0 Å². The summed E-state index contributed by atoms with van der Waals surface area (Å²) in [6.45, 7) is 2.35. The number of benzene rings is 1. The van der Waals surface area contributed by atoms with Crippen LogP contribution >= 0.6 is 11.8 Å². The van der Waals surface area contributed by atoms with E-state index in [2.05, 4.69) is 24.6 Å². The van der Waals surface area contributed by atoms with E-state index in [1.807, 2.05) is 18.2 Å². The number of aliphatic hydroxyl groups excluding tert-OH is 1. The van der Waals surface area contributed by atoms with Gasteiger partial charge in [-0.05, 0) is 25.7 Å². The van der Waals surface area contributed by atoms with E-state index in [0.717, 1.165) is 23.5 Å². The zero-order chi connectivity index (χ0) is 13.4. The minimum atomic E-state index is 0.213. The zero-order valence-electron chi connectivity index (χ0n) is 11.3. The van der Waals surface area contributed by atoms with Crippen LogP contribution in [0, 0.1) is 0 Å². The molecule has 0 saturated carbocycles. The van der Waals surface area contributed by atoms with Gasteiger partial charge in [0.15, 0.2) is 0 Å². The Labute approximate surface area is 114 Å². The molecule has 0 aliphatic carbocycles. The Hall–Kier alpha value is -0.710. The van der Waals surface area contributed by atoms with Crippen LogP contribution in [0.15, 0.2) is 24.3 Å². The number of nitrogens with one attached hydrogen (secondary N) is 1. The molecule has 4 heteroatoms. The van der Waals surface area contributed by atoms with Gasteiger partial charge in [0.2, 0.25) is 0 Å². The molecule has 1 aromatic carbocycles. The summed E-state index contributed by atoms with van der Waals surface area (Å²) in [5.74, 6) is 1.91. The van der Waals surface area contributed by atoms with Crippen molar-refractivity contribution in [1.82, 2.24) is 5.32 Å². The largest absolute Gasteiger partial charge is 0.496 e. The summed E-state index contributed by atoms with van der Waals surface area (Å²) in [6, 6.07) is 8.58. The summed E-state index contributed by atoms with van der Waals surface area (Å²) in [7, 11) is 1.69. The number of hydrogen-bond acceptors (Lipinski definition) is 4. The molecule has 2 N–H and O–H groups in total. The molecule has 0 aromatic heterocycles. The van der Waals surface area contributed by atoms with Gasteiger partial charge >= 0.3 is 0 Å². The Balaban J connectivity index is 2.70. The van der Waals surface area contributed by atoms with Gasteiger partial charge in [-0.25, -0.2) is 0 Å². The van der Waals surface area contributed by atoms with E-state index in [4.69, 9.17) is 9.84 Å². The third kappa shape index (κ3) is 4.52. The number of para-hydroxylation sites is 1. The van der Waals surface area contributed by atoms with E-state index in [1.54, 1.807) is 18.9 Å². The lowest BCUT2D eigenvalue weighted by molar-refractivity contribution is 0.265. The maximum Gasteiger partial charge on any atom is 0.123 e. The smallest absolute Gasteiger partial charge is 0.123 e. The SMILES string of the molecule is COc1ccccc1C(C)NC(CCO)CSC. The fourth-order valence-corrected chi connectivity index (χ4v) is 2.70. The van der Waals surface area contributed by atoms with Crippen molar-refractivity contribution in [1.29, 1.82) is 0 Å². The summed E-state index contributed by atoms with van der Waals surface area (Å²) in [5, 5.41) is 12.6. The van der Waals surface area contributed by atoms with E-state index in [-0.39, 0.29) is 12.6 Å². The highest BCUT2D eigenvalue weighted by Crippen LogP contribution is 2.25. The first-order valence-corrected chi connectivity index (χ1v) is 7.61. The first-order valence-electron chi connectivity index (χ1n) is 6.21. The Morgan fingerprint density at radius 3 is 2.72 bits per heavy atom. The van der Waals surface area contributed by atoms with E-state index in [1.165, 1.54) is 0 Å². The minimum absolute atomic E-state index is 0.213. The average Bonchev–Trinajstić information content (AvgIpc) is 2.39. The van der Waals surface area contributed by atoms with Crippen LogP contribution in [0.25, 0.3) is 0 Å². The summed E-state index contributed by atoms with van der Waals surface area (Å²) in [5.41, 5.74) is 1.16. The molecule has 2 unspecified atom stereocenters. The van der Waals surface area contributed by atoms with E-state index < -0.39 is 0 Å². The third-order valence-electron chi connectivity index (χ3n) is 2.94. The highest BCUT2D eigenvalue weighted by atomic mass is 32.2. The van der Waals surface area contributed by atoms with Crippen LogP contribution in [-0.2, 0) is 0 Å². The fraction of sp³-hybridized carbons (Fsp3) is 0.571. The van der Waals surface area contributed by atoms with Crippen molar-refractivity contribution in [2.45, 2.75) is 25.4 Å². The van der Waals surface area contributed by atoms with Gasteiger partial charge in [0.1, 0.15) is 5.75 Å². The van der Waals surface area contributed by atoms with Gasteiger partial charge in [0, 0.05) is 30.0 Å². The third-order valence-corrected chi connectivity index (χ3v) is 3.67. The molecule has 0 bridgehead atoms. The number of thioether (sulfide) groups is 1. The van der Waals surface area contributed by atoms with Crippen LogP contribution in [0.1, 0.15) is 24.9 Å². The van der Waals surface area contributed by atoms with Crippen molar-refractivity contribution in [3.05, 3.63) is 29.8 Å². The van der Waals surface area contributed by atoms with E-state index >= 15 is 0 Å². The second-order valence-electron chi connectivity index (χ2n) is 4.29. The highest BCUT2D eigenvalue weighted by molar-refractivity contribution is 7.98. The molecule has 0 aliphatic rings. The quantitative estimate of drug-likeness (QED) is 0.761. The monoisotopic (exact) mass is 269 g/mol. The molecule has 3 nitrogen and oxygen atoms in total. The average molecular weight is 269 g/mol. The van der Waals surface area contributed by atoms with Crippen molar-refractivity contribution >= 4 is 11.8 Å². The molecule has 0 saturated heterocycles. The maximum atomic E-state index is 9.07. The number of ether oxygens (including phenoxy) is 1. The maximum absolute atomic E-state index is 9.07. The van der Waals surface area contributed by atoms with Crippen LogP contribution < -0.4 is 10.1 Å². The number of methoxy groups -OCH3 is 1. The fourth-order valence-electron chi connectivity index (χ4n) is 2.04. The molecule has 1 rings (SSSR count). The highest BCUT2D eigenvalue weighted by Gasteiger charge is 2.15. The molecule has 0 heterocycles. The molecular weight excluding hydrogens is 246 g/mol. The van der Waals surface area contributed by atoms with Crippen LogP contribution in [0.3, 0.4) is 0 Å². The lowest BCUT2D eigenvalue weighted by Gasteiger charge is -2.23. The molecule has 0 amide bonds. The topological polar surface area (TPSA) is 41.5 Å². The summed E-state index contributed by atoms with van der Waals surface area (Å²) >= 11 is 1.79. The van der Waals surface area contributed by atoms with E-state index in [0.29, 0.717) is 6.04 Å². The van der Waals surface area contributed by atoms with Gasteiger partial charge in [0.05, 0.1) is 7.11 Å². The Morgan fingerprint density at radius 2 is 2.11 bits per heavy atom. The van der Waals surface area contributed by atoms with Crippen molar-refractivity contribution in [2.24, 2.45) is 0 Å². The number of aliphatic hydroxyl groups is 1. The molecule has 0 radical (unpaired) electrons. The molecule has 1 aromatic rings. The molecule has 0 spiro atoms. The first kappa shape index (κ1) is 15.3. The lowest BCUT2D eigenvalue weighted by Crippen LogP contribution is -2.34. The summed E-state index contributed by atoms with van der Waals surface area (Å²) < 4.78 is 5.37. The molecule has 102 valence electrons. The molecule has 2 atom stereocenters. The summed E-state index contributed by atoms with van der Waals surface area (Å²) in [6.07, 6.45) is 2.86. The Bertz CT molecular complexity index is 340. The standard InChI is InChI=1S/C14H23NO2S/c1-11(15-12(8-9-16)10-18-3)13-6-4-5-7-14(13)17-2/h4-7,11-12,15-16H,8-10H2,1-3H3. The predicted molar refractivity (Wildman–Crippen MR) is 78.4 cm³/mol. The Kier molecular flexibility index (Phi) is 7.16. The second-order valence-corrected chi connectivity index (χ2v) is 5.21. The van der Waals surface area contributed by atoms with Gasteiger partial charge in [-0.2, -0.15) is 11.8 Å². The van der Waals surface area contributed by atoms with Crippen LogP contribution in [-0.4, -0.2) is 36.9 Å². The second kappa shape index (κ2) is 8.40.